The van der Waals surface area contributed by atoms with Gasteiger partial charge in [-0.3, -0.25) is 0 Å². The summed E-state index contributed by atoms with van der Waals surface area (Å²) in [7, 11) is 0. The fourth-order valence-electron chi connectivity index (χ4n) is 1.24. The third-order valence-electron chi connectivity index (χ3n) is 1.92. The number of alkyl halides is 1. The molecule has 14 heavy (non-hydrogen) atoms. The van der Waals surface area contributed by atoms with Crippen molar-refractivity contribution in [2.45, 2.75) is 31.4 Å². The van der Waals surface area contributed by atoms with Crippen LogP contribution in [0.1, 0.15) is 19.8 Å². The standard InChI is InChI=1S/C9H15FO3S/c1-2-12-9(11)8(10)14-6-7-4-3-5-13-7/h7-8H,2-6H2,1H3. The van der Waals surface area contributed by atoms with E-state index in [1.54, 1.807) is 6.92 Å². The molecule has 5 heteroatoms. The molecule has 1 heterocycles. The summed E-state index contributed by atoms with van der Waals surface area (Å²) in [5.41, 5.74) is -1.57. The molecule has 0 aromatic rings. The first-order valence-electron chi connectivity index (χ1n) is 4.78. The lowest BCUT2D eigenvalue weighted by Gasteiger charge is -2.10. The van der Waals surface area contributed by atoms with E-state index in [1.807, 2.05) is 0 Å². The molecule has 3 nitrogen and oxygen atoms in total. The van der Waals surface area contributed by atoms with Crippen LogP contribution in [0.15, 0.2) is 0 Å². The first kappa shape index (κ1) is 11.8. The Morgan fingerprint density at radius 2 is 2.57 bits per heavy atom. The van der Waals surface area contributed by atoms with E-state index in [-0.39, 0.29) is 12.7 Å². The van der Waals surface area contributed by atoms with Gasteiger partial charge in [-0.2, -0.15) is 0 Å². The van der Waals surface area contributed by atoms with Gasteiger partial charge in [0.15, 0.2) is 0 Å². The van der Waals surface area contributed by atoms with Gasteiger partial charge in [-0.25, -0.2) is 9.18 Å². The minimum Gasteiger partial charge on any atom is -0.463 e. The molecule has 0 aliphatic carbocycles. The van der Waals surface area contributed by atoms with Gasteiger partial charge in [0.25, 0.3) is 0 Å². The lowest BCUT2D eigenvalue weighted by atomic mass is 10.3. The van der Waals surface area contributed by atoms with Crippen LogP contribution in [-0.2, 0) is 14.3 Å². The Hall–Kier alpha value is -0.290. The zero-order valence-corrected chi connectivity index (χ0v) is 9.02. The quantitative estimate of drug-likeness (QED) is 0.664. The first-order valence-corrected chi connectivity index (χ1v) is 5.82. The van der Waals surface area contributed by atoms with Gasteiger partial charge in [0.1, 0.15) is 0 Å². The molecule has 1 fully saturated rings. The Labute approximate surface area is 87.3 Å². The summed E-state index contributed by atoms with van der Waals surface area (Å²) in [6.07, 6.45) is 2.09. The summed E-state index contributed by atoms with van der Waals surface area (Å²) >= 11 is 0.956. The molecule has 1 aliphatic rings. The second kappa shape index (κ2) is 6.24. The summed E-state index contributed by atoms with van der Waals surface area (Å²) in [6.45, 7) is 2.64. The minimum absolute atomic E-state index is 0.104. The molecule has 2 unspecified atom stereocenters. The van der Waals surface area contributed by atoms with Crippen LogP contribution in [0.25, 0.3) is 0 Å². The maximum absolute atomic E-state index is 13.1. The number of carbonyl (C=O) groups is 1. The van der Waals surface area contributed by atoms with Crippen LogP contribution in [0.2, 0.25) is 0 Å². The van der Waals surface area contributed by atoms with E-state index in [2.05, 4.69) is 4.74 Å². The topological polar surface area (TPSA) is 35.5 Å². The molecule has 0 saturated carbocycles. The highest BCUT2D eigenvalue weighted by molar-refractivity contribution is 8.00. The number of thioether (sulfide) groups is 1. The molecule has 0 N–H and O–H groups in total. The molecule has 82 valence electrons. The second-order valence-electron chi connectivity index (χ2n) is 3.04. The second-order valence-corrected chi connectivity index (χ2v) is 4.12. The van der Waals surface area contributed by atoms with Crippen molar-refractivity contribution in [3.05, 3.63) is 0 Å². The lowest BCUT2D eigenvalue weighted by Crippen LogP contribution is -2.19. The van der Waals surface area contributed by atoms with Crippen molar-refractivity contribution in [2.24, 2.45) is 0 Å². The van der Waals surface area contributed by atoms with E-state index in [1.165, 1.54) is 0 Å². The zero-order chi connectivity index (χ0) is 10.4. The van der Waals surface area contributed by atoms with E-state index in [4.69, 9.17) is 4.74 Å². The van der Waals surface area contributed by atoms with Crippen LogP contribution in [0.5, 0.6) is 0 Å². The van der Waals surface area contributed by atoms with Crippen molar-refractivity contribution in [3.8, 4) is 0 Å². The van der Waals surface area contributed by atoms with Crippen molar-refractivity contribution in [2.75, 3.05) is 19.0 Å². The number of rotatable bonds is 5. The fourth-order valence-corrected chi connectivity index (χ4v) is 2.09. The summed E-state index contributed by atoms with van der Waals surface area (Å²) in [6, 6.07) is 0. The van der Waals surface area contributed by atoms with Crippen LogP contribution >= 0.6 is 11.8 Å². The highest BCUT2D eigenvalue weighted by Crippen LogP contribution is 2.21. The maximum atomic E-state index is 13.1. The molecule has 0 aromatic carbocycles. The van der Waals surface area contributed by atoms with Gasteiger partial charge < -0.3 is 9.47 Å². The largest absolute Gasteiger partial charge is 0.463 e. The average Bonchev–Trinajstić information content (AvgIpc) is 2.67. The summed E-state index contributed by atoms with van der Waals surface area (Å²) < 4.78 is 22.9. The molecule has 0 aromatic heterocycles. The van der Waals surface area contributed by atoms with Crippen molar-refractivity contribution < 1.29 is 18.7 Å². The van der Waals surface area contributed by atoms with Gasteiger partial charge in [0.05, 0.1) is 12.7 Å². The summed E-state index contributed by atoms with van der Waals surface area (Å²) in [5, 5.41) is 0. The fraction of sp³-hybridized carbons (Fsp3) is 0.889. The highest BCUT2D eigenvalue weighted by Gasteiger charge is 2.23. The Bertz CT molecular complexity index is 183. The monoisotopic (exact) mass is 222 g/mol. The predicted molar refractivity (Wildman–Crippen MR) is 53.0 cm³/mol. The average molecular weight is 222 g/mol. The molecule has 2 atom stereocenters. The molecule has 0 bridgehead atoms. The Kier molecular flexibility index (Phi) is 5.25. The van der Waals surface area contributed by atoms with Crippen LogP contribution < -0.4 is 0 Å². The number of carbonyl (C=O) groups excluding carboxylic acids is 1. The maximum Gasteiger partial charge on any atom is 0.351 e. The molecule has 1 saturated heterocycles. The van der Waals surface area contributed by atoms with Gasteiger partial charge in [-0.1, -0.05) is 0 Å². The molecular weight excluding hydrogens is 207 g/mol. The minimum atomic E-state index is -1.57. The molecule has 0 spiro atoms. The number of hydrogen-bond acceptors (Lipinski definition) is 4. The highest BCUT2D eigenvalue weighted by atomic mass is 32.2. The predicted octanol–water partition coefficient (Wildman–Crippen LogP) is 1.76. The van der Waals surface area contributed by atoms with Gasteiger partial charge in [-0.15, -0.1) is 11.8 Å². The van der Waals surface area contributed by atoms with Gasteiger partial charge >= 0.3 is 5.97 Å². The Morgan fingerprint density at radius 1 is 1.79 bits per heavy atom. The van der Waals surface area contributed by atoms with Crippen molar-refractivity contribution in [1.82, 2.24) is 0 Å². The first-order chi connectivity index (χ1) is 6.74. The van der Waals surface area contributed by atoms with Gasteiger partial charge in [-0.05, 0) is 19.8 Å². The van der Waals surface area contributed by atoms with Crippen LogP contribution in [0.4, 0.5) is 4.39 Å². The normalized spacial score (nSPS) is 23.4. The van der Waals surface area contributed by atoms with Crippen LogP contribution in [0.3, 0.4) is 0 Å². The number of esters is 1. The van der Waals surface area contributed by atoms with E-state index in [0.717, 1.165) is 31.2 Å². The van der Waals surface area contributed by atoms with E-state index in [0.29, 0.717) is 5.75 Å². The van der Waals surface area contributed by atoms with Gasteiger partial charge in [0, 0.05) is 12.4 Å². The molecule has 1 aliphatic heterocycles. The van der Waals surface area contributed by atoms with Gasteiger partial charge in [0.2, 0.25) is 5.50 Å². The number of halogens is 1. The summed E-state index contributed by atoms with van der Waals surface area (Å²) in [4.78, 5) is 10.9. The molecular formula is C9H15FO3S. The third-order valence-corrected chi connectivity index (χ3v) is 2.97. The Morgan fingerprint density at radius 3 is 3.14 bits per heavy atom. The van der Waals surface area contributed by atoms with Crippen molar-refractivity contribution in [1.29, 1.82) is 0 Å². The summed E-state index contributed by atoms with van der Waals surface area (Å²) in [5.74, 6) is -0.254. The smallest absolute Gasteiger partial charge is 0.351 e. The van der Waals surface area contributed by atoms with Crippen molar-refractivity contribution in [3.63, 3.8) is 0 Å². The molecule has 1 rings (SSSR count). The van der Waals surface area contributed by atoms with E-state index >= 15 is 0 Å². The van der Waals surface area contributed by atoms with E-state index < -0.39 is 11.5 Å². The third kappa shape index (κ3) is 3.84. The van der Waals surface area contributed by atoms with Crippen LogP contribution in [-0.4, -0.2) is 36.5 Å². The molecule has 0 radical (unpaired) electrons. The Balaban J connectivity index is 2.13. The van der Waals surface area contributed by atoms with Crippen molar-refractivity contribution >= 4 is 17.7 Å². The van der Waals surface area contributed by atoms with E-state index in [9.17, 15) is 9.18 Å². The number of hydrogen-bond donors (Lipinski definition) is 0. The SMILES string of the molecule is CCOC(=O)C(F)SCC1CCCO1. The lowest BCUT2D eigenvalue weighted by molar-refractivity contribution is -0.145. The zero-order valence-electron chi connectivity index (χ0n) is 8.20. The molecule has 0 amide bonds. The van der Waals surface area contributed by atoms with Crippen LogP contribution in [0, 0.1) is 0 Å². The number of ether oxygens (including phenoxy) is 2.